The Balaban J connectivity index is 2.72. The van der Waals surface area contributed by atoms with Crippen molar-refractivity contribution in [1.82, 2.24) is 10.3 Å². The molecule has 0 spiro atoms. The summed E-state index contributed by atoms with van der Waals surface area (Å²) in [5.74, 6) is -0.590. The summed E-state index contributed by atoms with van der Waals surface area (Å²) in [4.78, 5) is 28.1. The predicted molar refractivity (Wildman–Crippen MR) is 77.3 cm³/mol. The van der Waals surface area contributed by atoms with E-state index in [-0.39, 0.29) is 23.2 Å². The second-order valence-electron chi connectivity index (χ2n) is 4.86. The Morgan fingerprint density at radius 1 is 1.45 bits per heavy atom. The molecule has 0 bridgehead atoms. The van der Waals surface area contributed by atoms with Crippen LogP contribution in [0.2, 0.25) is 5.02 Å². The summed E-state index contributed by atoms with van der Waals surface area (Å²) in [5, 5.41) is 11.8. The topological polar surface area (TPSA) is 82.5 Å². The van der Waals surface area contributed by atoms with Gasteiger partial charge in [0.2, 0.25) is 5.91 Å². The zero-order chi connectivity index (χ0) is 15.3. The van der Waals surface area contributed by atoms with Crippen LogP contribution >= 0.6 is 11.6 Å². The minimum absolute atomic E-state index is 0.0684. The number of aromatic nitrogens is 1. The van der Waals surface area contributed by atoms with Crippen molar-refractivity contribution in [3.8, 4) is 0 Å². The van der Waals surface area contributed by atoms with Gasteiger partial charge in [-0.15, -0.1) is 0 Å². The number of halogens is 1. The van der Waals surface area contributed by atoms with Gasteiger partial charge in [-0.05, 0) is 18.1 Å². The van der Waals surface area contributed by atoms with Crippen LogP contribution in [-0.2, 0) is 4.79 Å². The number of carbonyl (C=O) groups excluding carboxylic acids is 1. The van der Waals surface area contributed by atoms with E-state index < -0.39 is 5.97 Å². The summed E-state index contributed by atoms with van der Waals surface area (Å²) >= 11 is 5.75. The minimum Gasteiger partial charge on any atom is -0.476 e. The highest BCUT2D eigenvalue weighted by molar-refractivity contribution is 6.33. The summed E-state index contributed by atoms with van der Waals surface area (Å²) in [7, 11) is 1.66. The van der Waals surface area contributed by atoms with E-state index >= 15 is 0 Å². The molecule has 1 rings (SSSR count). The molecular weight excluding hydrogens is 282 g/mol. The molecule has 1 aromatic heterocycles. The van der Waals surface area contributed by atoms with E-state index in [1.54, 1.807) is 18.0 Å². The van der Waals surface area contributed by atoms with Crippen LogP contribution in [0.4, 0.5) is 5.82 Å². The number of amides is 1. The molecule has 7 heteroatoms. The Morgan fingerprint density at radius 2 is 2.10 bits per heavy atom. The molecule has 0 aliphatic rings. The van der Waals surface area contributed by atoms with E-state index in [4.69, 9.17) is 16.7 Å². The summed E-state index contributed by atoms with van der Waals surface area (Å²) < 4.78 is 0. The largest absolute Gasteiger partial charge is 0.476 e. The first-order chi connectivity index (χ1) is 9.31. The number of likely N-dealkylation sites (N-methyl/N-ethyl adjacent to an activating group) is 1. The molecule has 20 heavy (non-hydrogen) atoms. The third-order valence-electron chi connectivity index (χ3n) is 2.51. The third-order valence-corrected chi connectivity index (χ3v) is 2.82. The van der Waals surface area contributed by atoms with Gasteiger partial charge in [0.25, 0.3) is 0 Å². The van der Waals surface area contributed by atoms with Crippen LogP contribution < -0.4 is 10.2 Å². The van der Waals surface area contributed by atoms with Crippen LogP contribution in [0.5, 0.6) is 0 Å². The average Bonchev–Trinajstić information content (AvgIpc) is 2.36. The van der Waals surface area contributed by atoms with Gasteiger partial charge >= 0.3 is 5.97 Å². The second kappa shape index (κ2) is 7.09. The van der Waals surface area contributed by atoms with Gasteiger partial charge in [-0.25, -0.2) is 9.78 Å². The van der Waals surface area contributed by atoms with Gasteiger partial charge < -0.3 is 15.3 Å². The van der Waals surface area contributed by atoms with Gasteiger partial charge in [-0.1, -0.05) is 25.4 Å². The zero-order valence-electron chi connectivity index (χ0n) is 11.7. The Kier molecular flexibility index (Phi) is 5.76. The van der Waals surface area contributed by atoms with Crippen LogP contribution in [0.15, 0.2) is 12.1 Å². The molecular formula is C13H18ClN3O3. The fourth-order valence-electron chi connectivity index (χ4n) is 1.46. The minimum atomic E-state index is -1.20. The molecule has 0 saturated carbocycles. The molecule has 0 saturated heterocycles. The van der Waals surface area contributed by atoms with Crippen molar-refractivity contribution >= 4 is 29.3 Å². The highest BCUT2D eigenvalue weighted by atomic mass is 35.5. The lowest BCUT2D eigenvalue weighted by Gasteiger charge is -2.18. The molecule has 1 heterocycles. The van der Waals surface area contributed by atoms with Gasteiger partial charge in [0.05, 0.1) is 11.6 Å². The molecule has 0 unspecified atom stereocenters. The summed E-state index contributed by atoms with van der Waals surface area (Å²) in [6.45, 7) is 4.70. The van der Waals surface area contributed by atoms with Crippen molar-refractivity contribution in [3.63, 3.8) is 0 Å². The molecule has 0 aliphatic heterocycles. The number of nitrogens with zero attached hydrogens (tertiary/aromatic N) is 2. The Morgan fingerprint density at radius 3 is 2.65 bits per heavy atom. The smallest absolute Gasteiger partial charge is 0.356 e. The maximum absolute atomic E-state index is 11.7. The molecule has 0 aromatic carbocycles. The highest BCUT2D eigenvalue weighted by Gasteiger charge is 2.14. The first-order valence-corrected chi connectivity index (χ1v) is 6.56. The summed E-state index contributed by atoms with van der Waals surface area (Å²) in [6.07, 6.45) is 0. The number of hydrogen-bond donors (Lipinski definition) is 2. The van der Waals surface area contributed by atoms with Crippen LogP contribution in [0.1, 0.15) is 24.3 Å². The molecule has 0 atom stereocenters. The number of carboxylic acids is 1. The molecule has 2 N–H and O–H groups in total. The number of anilines is 1. The van der Waals surface area contributed by atoms with Gasteiger partial charge in [-0.2, -0.15) is 0 Å². The maximum atomic E-state index is 11.7. The SMILES string of the molecule is CC(C)CNC(=O)CN(C)c1ccc(Cl)c(C(=O)O)n1. The standard InChI is InChI=1S/C13H18ClN3O3/c1-8(2)6-15-11(18)7-17(3)10-5-4-9(14)12(16-10)13(19)20/h4-5,8H,6-7H2,1-3H3,(H,15,18)(H,19,20). The first-order valence-electron chi connectivity index (χ1n) is 6.19. The van der Waals surface area contributed by atoms with Gasteiger partial charge in [0.15, 0.2) is 5.69 Å². The molecule has 6 nitrogen and oxygen atoms in total. The number of nitrogens with one attached hydrogen (secondary N) is 1. The number of hydrogen-bond acceptors (Lipinski definition) is 4. The predicted octanol–water partition coefficient (Wildman–Crippen LogP) is 1.64. The van der Waals surface area contributed by atoms with E-state index in [1.165, 1.54) is 6.07 Å². The monoisotopic (exact) mass is 299 g/mol. The van der Waals surface area contributed by atoms with Crippen LogP contribution in [-0.4, -0.2) is 42.1 Å². The van der Waals surface area contributed by atoms with E-state index in [9.17, 15) is 9.59 Å². The van der Waals surface area contributed by atoms with Crippen molar-refractivity contribution in [2.45, 2.75) is 13.8 Å². The van der Waals surface area contributed by atoms with Crippen molar-refractivity contribution in [3.05, 3.63) is 22.8 Å². The van der Waals surface area contributed by atoms with E-state index in [0.717, 1.165) is 0 Å². The lowest BCUT2D eigenvalue weighted by Crippen LogP contribution is -2.37. The Bertz CT molecular complexity index is 506. The number of carboxylic acid groups (broad SMARTS) is 1. The molecule has 0 fully saturated rings. The first kappa shape index (κ1) is 16.2. The van der Waals surface area contributed by atoms with Gasteiger partial charge in [0, 0.05) is 13.6 Å². The number of rotatable bonds is 6. The van der Waals surface area contributed by atoms with Crippen molar-refractivity contribution in [2.75, 3.05) is 25.0 Å². The maximum Gasteiger partial charge on any atom is 0.356 e. The fraction of sp³-hybridized carbons (Fsp3) is 0.462. The zero-order valence-corrected chi connectivity index (χ0v) is 12.4. The molecule has 0 radical (unpaired) electrons. The number of carbonyl (C=O) groups is 2. The van der Waals surface area contributed by atoms with Gasteiger partial charge in [-0.3, -0.25) is 4.79 Å². The number of pyridine rings is 1. The normalized spacial score (nSPS) is 10.4. The van der Waals surface area contributed by atoms with Crippen LogP contribution in [0, 0.1) is 5.92 Å². The molecule has 1 amide bonds. The van der Waals surface area contributed by atoms with Gasteiger partial charge in [0.1, 0.15) is 5.82 Å². The molecule has 1 aromatic rings. The third kappa shape index (κ3) is 4.70. The Hall–Kier alpha value is -1.82. The highest BCUT2D eigenvalue weighted by Crippen LogP contribution is 2.18. The lowest BCUT2D eigenvalue weighted by molar-refractivity contribution is -0.119. The van der Waals surface area contributed by atoms with E-state index in [0.29, 0.717) is 18.3 Å². The van der Waals surface area contributed by atoms with Crippen molar-refractivity contribution < 1.29 is 14.7 Å². The summed E-state index contributed by atoms with van der Waals surface area (Å²) in [6, 6.07) is 3.03. The lowest BCUT2D eigenvalue weighted by atomic mass is 10.2. The van der Waals surface area contributed by atoms with Crippen molar-refractivity contribution in [2.24, 2.45) is 5.92 Å². The van der Waals surface area contributed by atoms with Crippen LogP contribution in [0.3, 0.4) is 0 Å². The van der Waals surface area contributed by atoms with Crippen molar-refractivity contribution in [1.29, 1.82) is 0 Å². The molecule has 0 aliphatic carbocycles. The second-order valence-corrected chi connectivity index (χ2v) is 5.27. The van der Waals surface area contributed by atoms with E-state index in [2.05, 4.69) is 10.3 Å². The molecule has 110 valence electrons. The average molecular weight is 300 g/mol. The Labute approximate surface area is 122 Å². The fourth-order valence-corrected chi connectivity index (χ4v) is 1.65. The quantitative estimate of drug-likeness (QED) is 0.834. The van der Waals surface area contributed by atoms with Crippen LogP contribution in [0.25, 0.3) is 0 Å². The summed E-state index contributed by atoms with van der Waals surface area (Å²) in [5.41, 5.74) is -0.224. The number of aromatic carboxylic acids is 1. The van der Waals surface area contributed by atoms with E-state index in [1.807, 2.05) is 13.8 Å².